The van der Waals surface area contributed by atoms with Gasteiger partial charge in [0.05, 0.1) is 7.11 Å². The summed E-state index contributed by atoms with van der Waals surface area (Å²) in [5.41, 5.74) is 2.42. The van der Waals surface area contributed by atoms with E-state index in [2.05, 4.69) is 36.1 Å². The molecule has 1 atom stereocenters. The second-order valence-corrected chi connectivity index (χ2v) is 6.58. The van der Waals surface area contributed by atoms with Crippen molar-refractivity contribution < 1.29 is 9.53 Å². The third-order valence-corrected chi connectivity index (χ3v) is 4.92. The Morgan fingerprint density at radius 2 is 1.64 bits per heavy atom. The van der Waals surface area contributed by atoms with E-state index in [1.54, 1.807) is 7.11 Å². The lowest BCUT2D eigenvalue weighted by Crippen LogP contribution is -2.49. The van der Waals surface area contributed by atoms with Gasteiger partial charge in [-0.05, 0) is 35.7 Å². The van der Waals surface area contributed by atoms with E-state index in [4.69, 9.17) is 4.74 Å². The first-order valence-corrected chi connectivity index (χ1v) is 8.89. The number of para-hydroxylation sites is 1. The molecule has 0 aromatic heterocycles. The van der Waals surface area contributed by atoms with E-state index in [0.717, 1.165) is 31.9 Å². The summed E-state index contributed by atoms with van der Waals surface area (Å²) in [4.78, 5) is 17.0. The van der Waals surface area contributed by atoms with E-state index < -0.39 is 0 Å². The van der Waals surface area contributed by atoms with Crippen LogP contribution in [0.2, 0.25) is 0 Å². The van der Waals surface area contributed by atoms with Crippen molar-refractivity contribution in [3.8, 4) is 5.75 Å². The maximum Gasteiger partial charge on any atom is 0.223 e. The van der Waals surface area contributed by atoms with Gasteiger partial charge in [0.1, 0.15) is 5.75 Å². The number of carbonyl (C=O) groups excluding carboxylic acids is 1. The number of amides is 1. The van der Waals surface area contributed by atoms with Crippen molar-refractivity contribution in [3.05, 3.63) is 60.2 Å². The van der Waals surface area contributed by atoms with Gasteiger partial charge in [0.2, 0.25) is 5.91 Å². The van der Waals surface area contributed by atoms with Crippen LogP contribution in [0, 0.1) is 0 Å². The second-order valence-electron chi connectivity index (χ2n) is 6.58. The number of hydrogen-bond acceptors (Lipinski definition) is 3. The van der Waals surface area contributed by atoms with Crippen molar-refractivity contribution in [2.45, 2.75) is 19.3 Å². The molecule has 2 aromatic carbocycles. The van der Waals surface area contributed by atoms with Gasteiger partial charge in [-0.15, -0.1) is 0 Å². The molecule has 0 radical (unpaired) electrons. The average Bonchev–Trinajstić information content (AvgIpc) is 2.68. The third kappa shape index (κ3) is 4.32. The van der Waals surface area contributed by atoms with E-state index in [0.29, 0.717) is 6.42 Å². The SMILES string of the molecule is COc1ccc(C(C)CC(=O)N2CCN(c3ccccc3)CC2)cc1. The largest absolute Gasteiger partial charge is 0.497 e. The Morgan fingerprint density at radius 1 is 1.00 bits per heavy atom. The smallest absolute Gasteiger partial charge is 0.223 e. The minimum absolute atomic E-state index is 0.213. The zero-order chi connectivity index (χ0) is 17.6. The molecule has 4 nitrogen and oxygen atoms in total. The van der Waals surface area contributed by atoms with Crippen molar-refractivity contribution in [2.24, 2.45) is 0 Å². The molecule has 0 saturated carbocycles. The Hall–Kier alpha value is -2.49. The van der Waals surface area contributed by atoms with Crippen LogP contribution in [0.15, 0.2) is 54.6 Å². The summed E-state index contributed by atoms with van der Waals surface area (Å²) >= 11 is 0. The molecule has 0 N–H and O–H groups in total. The Balaban J connectivity index is 1.52. The number of piperazine rings is 1. The summed E-state index contributed by atoms with van der Waals surface area (Å²) in [7, 11) is 1.66. The normalized spacial score (nSPS) is 15.8. The quantitative estimate of drug-likeness (QED) is 0.836. The molecule has 1 saturated heterocycles. The van der Waals surface area contributed by atoms with E-state index in [1.807, 2.05) is 35.2 Å². The Labute approximate surface area is 150 Å². The van der Waals surface area contributed by atoms with Gasteiger partial charge < -0.3 is 14.5 Å². The van der Waals surface area contributed by atoms with Gasteiger partial charge >= 0.3 is 0 Å². The van der Waals surface area contributed by atoms with E-state index in [9.17, 15) is 4.79 Å². The first kappa shape index (κ1) is 17.3. The molecule has 0 bridgehead atoms. The van der Waals surface area contributed by atoms with Crippen molar-refractivity contribution in [1.82, 2.24) is 4.90 Å². The molecule has 25 heavy (non-hydrogen) atoms. The number of methoxy groups -OCH3 is 1. The molecule has 1 unspecified atom stereocenters. The fourth-order valence-corrected chi connectivity index (χ4v) is 3.29. The molecule has 1 heterocycles. The summed E-state index contributed by atoms with van der Waals surface area (Å²) in [5.74, 6) is 1.31. The van der Waals surface area contributed by atoms with E-state index in [1.165, 1.54) is 11.3 Å². The first-order chi connectivity index (χ1) is 12.2. The Morgan fingerprint density at radius 3 is 2.24 bits per heavy atom. The van der Waals surface area contributed by atoms with Crippen molar-refractivity contribution >= 4 is 11.6 Å². The zero-order valence-corrected chi connectivity index (χ0v) is 15.0. The predicted octanol–water partition coefficient (Wildman–Crippen LogP) is 3.54. The van der Waals surface area contributed by atoms with Gasteiger partial charge in [-0.3, -0.25) is 4.79 Å². The van der Waals surface area contributed by atoms with Crippen LogP contribution in [0.4, 0.5) is 5.69 Å². The van der Waals surface area contributed by atoms with E-state index in [-0.39, 0.29) is 11.8 Å². The topological polar surface area (TPSA) is 32.8 Å². The summed E-state index contributed by atoms with van der Waals surface area (Å²) < 4.78 is 5.19. The van der Waals surface area contributed by atoms with Crippen molar-refractivity contribution in [1.29, 1.82) is 0 Å². The molecule has 1 fully saturated rings. The van der Waals surface area contributed by atoms with Crippen LogP contribution in [-0.4, -0.2) is 44.1 Å². The molecule has 0 spiro atoms. The van der Waals surface area contributed by atoms with Crippen LogP contribution in [0.3, 0.4) is 0 Å². The summed E-state index contributed by atoms with van der Waals surface area (Å²) in [5, 5.41) is 0. The Kier molecular flexibility index (Phi) is 5.59. The van der Waals surface area contributed by atoms with Crippen molar-refractivity contribution in [2.75, 3.05) is 38.2 Å². The molecule has 1 aliphatic rings. The van der Waals surface area contributed by atoms with Crippen LogP contribution in [0.25, 0.3) is 0 Å². The second kappa shape index (κ2) is 8.06. The van der Waals surface area contributed by atoms with Gasteiger partial charge in [-0.1, -0.05) is 37.3 Å². The summed E-state index contributed by atoms with van der Waals surface area (Å²) in [6, 6.07) is 18.4. The molecule has 132 valence electrons. The highest BCUT2D eigenvalue weighted by Crippen LogP contribution is 2.23. The molecule has 2 aromatic rings. The fourth-order valence-electron chi connectivity index (χ4n) is 3.29. The Bertz CT molecular complexity index is 677. The maximum absolute atomic E-state index is 12.6. The summed E-state index contributed by atoms with van der Waals surface area (Å²) in [6.45, 7) is 5.49. The van der Waals surface area contributed by atoms with Crippen LogP contribution in [-0.2, 0) is 4.79 Å². The molecule has 1 aliphatic heterocycles. The highest BCUT2D eigenvalue weighted by Gasteiger charge is 2.22. The minimum atomic E-state index is 0.213. The van der Waals surface area contributed by atoms with Gasteiger partial charge in [-0.2, -0.15) is 0 Å². The lowest BCUT2D eigenvalue weighted by atomic mass is 9.97. The lowest BCUT2D eigenvalue weighted by Gasteiger charge is -2.36. The van der Waals surface area contributed by atoms with Crippen LogP contribution in [0.5, 0.6) is 5.75 Å². The molecule has 3 rings (SSSR count). The van der Waals surface area contributed by atoms with Gasteiger partial charge in [0, 0.05) is 38.3 Å². The van der Waals surface area contributed by atoms with Gasteiger partial charge in [0.15, 0.2) is 0 Å². The standard InChI is InChI=1S/C21H26N2O2/c1-17(18-8-10-20(25-2)11-9-18)16-21(24)23-14-12-22(13-15-23)19-6-4-3-5-7-19/h3-11,17H,12-16H2,1-2H3. The van der Waals surface area contributed by atoms with Crippen LogP contribution < -0.4 is 9.64 Å². The molecular weight excluding hydrogens is 312 g/mol. The molecule has 0 aliphatic carbocycles. The third-order valence-electron chi connectivity index (χ3n) is 4.92. The fraction of sp³-hybridized carbons (Fsp3) is 0.381. The number of ether oxygens (including phenoxy) is 1. The van der Waals surface area contributed by atoms with Gasteiger partial charge in [0.25, 0.3) is 0 Å². The molecular formula is C21H26N2O2. The summed E-state index contributed by atoms with van der Waals surface area (Å²) in [6.07, 6.45) is 0.553. The van der Waals surface area contributed by atoms with Crippen molar-refractivity contribution in [3.63, 3.8) is 0 Å². The van der Waals surface area contributed by atoms with Crippen LogP contribution >= 0.6 is 0 Å². The number of carbonyl (C=O) groups is 1. The number of hydrogen-bond donors (Lipinski definition) is 0. The maximum atomic E-state index is 12.6. The predicted molar refractivity (Wildman–Crippen MR) is 101 cm³/mol. The number of anilines is 1. The zero-order valence-electron chi connectivity index (χ0n) is 15.0. The lowest BCUT2D eigenvalue weighted by molar-refractivity contribution is -0.131. The monoisotopic (exact) mass is 338 g/mol. The molecule has 4 heteroatoms. The van der Waals surface area contributed by atoms with Gasteiger partial charge in [-0.25, -0.2) is 0 Å². The first-order valence-electron chi connectivity index (χ1n) is 8.89. The highest BCUT2D eigenvalue weighted by atomic mass is 16.5. The minimum Gasteiger partial charge on any atom is -0.497 e. The number of nitrogens with zero attached hydrogens (tertiary/aromatic N) is 2. The van der Waals surface area contributed by atoms with E-state index >= 15 is 0 Å². The average molecular weight is 338 g/mol. The molecule has 1 amide bonds. The number of rotatable bonds is 5. The highest BCUT2D eigenvalue weighted by molar-refractivity contribution is 5.77. The number of benzene rings is 2. The van der Waals surface area contributed by atoms with Crippen LogP contribution in [0.1, 0.15) is 24.8 Å².